The number of hydrogen-bond acceptors (Lipinski definition) is 5. The Morgan fingerprint density at radius 3 is 2.74 bits per heavy atom. The molecule has 2 rings (SSSR count). The summed E-state index contributed by atoms with van der Waals surface area (Å²) in [5.74, 6) is 0.398. The first-order chi connectivity index (χ1) is 8.88. The zero-order valence-electron chi connectivity index (χ0n) is 11.2. The molecule has 2 aromatic heterocycles. The highest BCUT2D eigenvalue weighted by molar-refractivity contribution is 7.84. The summed E-state index contributed by atoms with van der Waals surface area (Å²) in [5, 5.41) is 2.90. The number of nitrogen functional groups attached to an aromatic ring is 1. The van der Waals surface area contributed by atoms with Crippen LogP contribution in [-0.4, -0.2) is 14.2 Å². The van der Waals surface area contributed by atoms with E-state index in [4.69, 9.17) is 5.73 Å². The van der Waals surface area contributed by atoms with Gasteiger partial charge >= 0.3 is 0 Å². The van der Waals surface area contributed by atoms with Gasteiger partial charge in [0.15, 0.2) is 0 Å². The van der Waals surface area contributed by atoms with Gasteiger partial charge in [0.1, 0.15) is 5.01 Å². The first kappa shape index (κ1) is 14.1. The van der Waals surface area contributed by atoms with Gasteiger partial charge in [-0.2, -0.15) is 0 Å². The third kappa shape index (κ3) is 3.39. The largest absolute Gasteiger partial charge is 0.396 e. The van der Waals surface area contributed by atoms with Crippen LogP contribution in [0.5, 0.6) is 0 Å². The first-order valence-electron chi connectivity index (χ1n) is 5.90. The summed E-state index contributed by atoms with van der Waals surface area (Å²) in [6.45, 7) is 6.34. The van der Waals surface area contributed by atoms with Crippen LogP contribution in [0.3, 0.4) is 0 Å². The summed E-state index contributed by atoms with van der Waals surface area (Å²) in [5.41, 5.74) is 7.30. The molecule has 0 radical (unpaired) electrons. The molecule has 0 amide bonds. The van der Waals surface area contributed by atoms with E-state index in [0.717, 1.165) is 10.7 Å². The Kier molecular flexibility index (Phi) is 4.01. The van der Waals surface area contributed by atoms with Gasteiger partial charge < -0.3 is 5.73 Å². The van der Waals surface area contributed by atoms with Crippen molar-refractivity contribution in [3.05, 3.63) is 34.5 Å². The summed E-state index contributed by atoms with van der Waals surface area (Å²) in [6.07, 6.45) is 3.13. The summed E-state index contributed by atoms with van der Waals surface area (Å²) in [7, 11) is -1.18. The molecule has 2 aromatic rings. The van der Waals surface area contributed by atoms with Gasteiger partial charge in [0.25, 0.3) is 0 Å². The molecule has 2 heterocycles. The Labute approximate surface area is 119 Å². The second-order valence-electron chi connectivity index (χ2n) is 5.28. The van der Waals surface area contributed by atoms with Crippen LogP contribution in [0.25, 0.3) is 0 Å². The molecule has 0 saturated heterocycles. The number of hydrogen-bond donors (Lipinski definition) is 1. The fourth-order valence-electron chi connectivity index (χ4n) is 1.51. The molecule has 0 fully saturated rings. The molecule has 0 aromatic carbocycles. The maximum atomic E-state index is 12.3. The second kappa shape index (κ2) is 5.38. The van der Waals surface area contributed by atoms with E-state index in [2.05, 4.69) is 30.7 Å². The van der Waals surface area contributed by atoms with Gasteiger partial charge in [0.05, 0.1) is 39.0 Å². The number of thiazole rings is 1. The fraction of sp³-hybridized carbons (Fsp3) is 0.385. The number of pyridine rings is 1. The Morgan fingerprint density at radius 2 is 2.16 bits per heavy atom. The third-order valence-corrected chi connectivity index (χ3v) is 5.06. The quantitative estimate of drug-likeness (QED) is 0.945. The van der Waals surface area contributed by atoms with Crippen molar-refractivity contribution in [3.63, 3.8) is 0 Å². The molecule has 6 heteroatoms. The lowest BCUT2D eigenvalue weighted by Crippen LogP contribution is -2.11. The van der Waals surface area contributed by atoms with E-state index in [0.29, 0.717) is 16.3 Å². The topological polar surface area (TPSA) is 68.9 Å². The summed E-state index contributed by atoms with van der Waals surface area (Å²) in [6, 6.07) is 1.70. The number of nitrogens with zero attached hydrogens (tertiary/aromatic N) is 2. The fourth-order valence-corrected chi connectivity index (χ4v) is 3.88. The molecular weight excluding hydrogens is 278 g/mol. The average molecular weight is 295 g/mol. The predicted molar refractivity (Wildman–Crippen MR) is 79.6 cm³/mol. The Balaban J connectivity index is 2.16. The molecule has 0 aliphatic carbocycles. The average Bonchev–Trinajstić information content (AvgIpc) is 2.77. The highest BCUT2D eigenvalue weighted by Crippen LogP contribution is 2.25. The van der Waals surface area contributed by atoms with Crippen LogP contribution in [0, 0.1) is 0 Å². The highest BCUT2D eigenvalue weighted by atomic mass is 32.2. The van der Waals surface area contributed by atoms with Gasteiger partial charge in [-0.1, -0.05) is 20.8 Å². The van der Waals surface area contributed by atoms with Crippen LogP contribution < -0.4 is 5.73 Å². The predicted octanol–water partition coefficient (Wildman–Crippen LogP) is 2.73. The zero-order valence-corrected chi connectivity index (χ0v) is 12.8. The van der Waals surface area contributed by atoms with E-state index >= 15 is 0 Å². The molecule has 0 aliphatic rings. The Morgan fingerprint density at radius 1 is 1.42 bits per heavy atom. The minimum atomic E-state index is -1.18. The van der Waals surface area contributed by atoms with E-state index < -0.39 is 10.8 Å². The van der Waals surface area contributed by atoms with E-state index in [1.165, 1.54) is 6.20 Å². The first-order valence-corrected chi connectivity index (χ1v) is 8.10. The van der Waals surface area contributed by atoms with Crippen molar-refractivity contribution in [2.75, 3.05) is 5.73 Å². The zero-order chi connectivity index (χ0) is 14.0. The molecule has 4 nitrogen and oxygen atoms in total. The van der Waals surface area contributed by atoms with Crippen molar-refractivity contribution in [1.82, 2.24) is 9.97 Å². The third-order valence-electron chi connectivity index (χ3n) is 2.63. The maximum absolute atomic E-state index is 12.3. The van der Waals surface area contributed by atoms with Gasteiger partial charge in [-0.05, 0) is 6.07 Å². The number of rotatable bonds is 3. The van der Waals surface area contributed by atoms with Crippen molar-refractivity contribution >= 4 is 27.8 Å². The van der Waals surface area contributed by atoms with Crippen molar-refractivity contribution < 1.29 is 4.21 Å². The van der Waals surface area contributed by atoms with Gasteiger partial charge in [-0.25, -0.2) is 4.98 Å². The molecule has 19 heavy (non-hydrogen) atoms. The molecule has 0 aliphatic heterocycles. The van der Waals surface area contributed by atoms with Crippen LogP contribution in [0.2, 0.25) is 0 Å². The van der Waals surface area contributed by atoms with E-state index in [1.54, 1.807) is 23.6 Å². The summed E-state index contributed by atoms with van der Waals surface area (Å²) < 4.78 is 12.3. The maximum Gasteiger partial charge on any atom is 0.106 e. The Hall–Kier alpha value is -1.27. The SMILES string of the molecule is CC(C)(C)c1csc(CS(=O)c2ccncc2N)n1. The monoisotopic (exact) mass is 295 g/mol. The molecule has 0 bridgehead atoms. The standard InChI is InChI=1S/C13H17N3OS2/c1-13(2,3)11-7-18-12(16-11)8-19(17)10-4-5-15-6-9(10)14/h4-7H,8,14H2,1-3H3. The van der Waals surface area contributed by atoms with Gasteiger partial charge in [0, 0.05) is 17.0 Å². The lowest BCUT2D eigenvalue weighted by Gasteiger charge is -2.14. The number of anilines is 1. The van der Waals surface area contributed by atoms with Crippen LogP contribution in [0.15, 0.2) is 28.7 Å². The number of aromatic nitrogens is 2. The lowest BCUT2D eigenvalue weighted by molar-refractivity contribution is 0.571. The molecule has 1 atom stereocenters. The highest BCUT2D eigenvalue weighted by Gasteiger charge is 2.18. The minimum Gasteiger partial charge on any atom is -0.396 e. The molecule has 0 spiro atoms. The number of nitrogens with two attached hydrogens (primary N) is 1. The molecule has 1 unspecified atom stereocenters. The Bertz CT molecular complexity index is 602. The molecular formula is C13H17N3OS2. The van der Waals surface area contributed by atoms with E-state index in [9.17, 15) is 4.21 Å². The second-order valence-corrected chi connectivity index (χ2v) is 7.64. The van der Waals surface area contributed by atoms with Crippen molar-refractivity contribution in [3.8, 4) is 0 Å². The molecule has 2 N–H and O–H groups in total. The van der Waals surface area contributed by atoms with Gasteiger partial charge in [-0.15, -0.1) is 11.3 Å². The molecule has 102 valence electrons. The lowest BCUT2D eigenvalue weighted by atomic mass is 9.93. The van der Waals surface area contributed by atoms with Crippen molar-refractivity contribution in [1.29, 1.82) is 0 Å². The van der Waals surface area contributed by atoms with Gasteiger partial charge in [-0.3, -0.25) is 9.19 Å². The minimum absolute atomic E-state index is 0.0198. The molecule has 0 saturated carbocycles. The van der Waals surface area contributed by atoms with E-state index in [1.807, 2.05) is 5.38 Å². The van der Waals surface area contributed by atoms with Crippen LogP contribution in [0.4, 0.5) is 5.69 Å². The van der Waals surface area contributed by atoms with Crippen LogP contribution >= 0.6 is 11.3 Å². The van der Waals surface area contributed by atoms with Crippen LogP contribution in [-0.2, 0) is 22.0 Å². The summed E-state index contributed by atoms with van der Waals surface area (Å²) >= 11 is 1.54. The summed E-state index contributed by atoms with van der Waals surface area (Å²) in [4.78, 5) is 9.07. The van der Waals surface area contributed by atoms with E-state index in [-0.39, 0.29) is 5.41 Å². The normalized spacial score (nSPS) is 13.4. The van der Waals surface area contributed by atoms with Crippen molar-refractivity contribution in [2.24, 2.45) is 0 Å². The van der Waals surface area contributed by atoms with Crippen LogP contribution in [0.1, 0.15) is 31.5 Å². The smallest absolute Gasteiger partial charge is 0.106 e. The van der Waals surface area contributed by atoms with Gasteiger partial charge in [0.2, 0.25) is 0 Å². The van der Waals surface area contributed by atoms with Crippen molar-refractivity contribution in [2.45, 2.75) is 36.8 Å².